The smallest absolute Gasteiger partial charge is 0.336 e. The number of nitrogens with zero attached hydrogens (tertiary/aromatic N) is 1. The molecule has 6 nitrogen and oxygen atoms in total. The zero-order chi connectivity index (χ0) is 19.7. The molecule has 1 fully saturated rings. The van der Waals surface area contributed by atoms with Crippen LogP contribution in [-0.4, -0.2) is 47.7 Å². The summed E-state index contributed by atoms with van der Waals surface area (Å²) in [6.45, 7) is 5.19. The minimum Gasteiger partial charge on any atom is -0.496 e. The minimum absolute atomic E-state index is 0.0129. The van der Waals surface area contributed by atoms with Gasteiger partial charge in [-0.2, -0.15) is 0 Å². The molecule has 0 spiro atoms. The molecule has 1 aliphatic heterocycles. The van der Waals surface area contributed by atoms with Crippen LogP contribution in [0.5, 0.6) is 5.75 Å². The van der Waals surface area contributed by atoms with E-state index >= 15 is 0 Å². The molecule has 0 aliphatic carbocycles. The molecular formula is C22H25N3O3. The molecule has 0 saturated carbocycles. The van der Waals surface area contributed by atoms with E-state index in [1.54, 1.807) is 19.2 Å². The molecule has 0 bridgehead atoms. The lowest BCUT2D eigenvalue weighted by Crippen LogP contribution is -2.46. The molecule has 0 radical (unpaired) electrons. The Balaban J connectivity index is 1.75. The summed E-state index contributed by atoms with van der Waals surface area (Å²) >= 11 is 0. The third-order valence-electron chi connectivity index (χ3n) is 5.60. The minimum atomic E-state index is -0.887. The summed E-state index contributed by atoms with van der Waals surface area (Å²) < 4.78 is 5.70. The Morgan fingerprint density at radius 1 is 1.32 bits per heavy atom. The van der Waals surface area contributed by atoms with E-state index < -0.39 is 5.97 Å². The quantitative estimate of drug-likeness (QED) is 0.634. The van der Waals surface area contributed by atoms with Crippen molar-refractivity contribution < 1.29 is 14.6 Å². The van der Waals surface area contributed by atoms with Gasteiger partial charge in [-0.05, 0) is 36.2 Å². The molecule has 2 aromatic carbocycles. The summed E-state index contributed by atoms with van der Waals surface area (Å²) in [5, 5.41) is 14.2. The fourth-order valence-electron chi connectivity index (χ4n) is 4.21. The van der Waals surface area contributed by atoms with Gasteiger partial charge in [-0.25, -0.2) is 4.79 Å². The van der Waals surface area contributed by atoms with Crippen LogP contribution in [0.1, 0.15) is 33.1 Å². The first kappa shape index (κ1) is 18.5. The number of hydrogen-bond acceptors (Lipinski definition) is 4. The van der Waals surface area contributed by atoms with Crippen LogP contribution in [0.25, 0.3) is 10.9 Å². The van der Waals surface area contributed by atoms with Crippen molar-refractivity contribution in [3.8, 4) is 5.75 Å². The van der Waals surface area contributed by atoms with Crippen molar-refractivity contribution in [1.29, 1.82) is 0 Å². The number of carboxylic acids is 1. The average molecular weight is 379 g/mol. The molecule has 0 amide bonds. The van der Waals surface area contributed by atoms with Crippen molar-refractivity contribution in [3.63, 3.8) is 0 Å². The van der Waals surface area contributed by atoms with Crippen LogP contribution in [0.15, 0.2) is 42.6 Å². The average Bonchev–Trinajstić information content (AvgIpc) is 3.21. The molecule has 146 valence electrons. The van der Waals surface area contributed by atoms with Gasteiger partial charge in [-0.15, -0.1) is 0 Å². The molecule has 1 atom stereocenters. The highest BCUT2D eigenvalue weighted by Gasteiger charge is 2.28. The summed E-state index contributed by atoms with van der Waals surface area (Å²) in [6.07, 6.45) is 1.95. The number of hydrogen-bond donors (Lipinski definition) is 3. The maximum atomic E-state index is 11.7. The zero-order valence-electron chi connectivity index (χ0n) is 16.2. The van der Waals surface area contributed by atoms with Crippen LogP contribution in [0, 0.1) is 6.92 Å². The third kappa shape index (κ3) is 3.25. The summed E-state index contributed by atoms with van der Waals surface area (Å²) in [7, 11) is 1.70. The van der Waals surface area contributed by atoms with Gasteiger partial charge in [-0.1, -0.05) is 18.2 Å². The number of aryl methyl sites for hydroxylation is 1. The van der Waals surface area contributed by atoms with Crippen molar-refractivity contribution in [3.05, 3.63) is 64.8 Å². The highest BCUT2D eigenvalue weighted by Crippen LogP contribution is 2.34. The van der Waals surface area contributed by atoms with E-state index in [0.29, 0.717) is 12.1 Å². The van der Waals surface area contributed by atoms with Crippen LogP contribution >= 0.6 is 0 Å². The molecule has 1 aliphatic rings. The van der Waals surface area contributed by atoms with Gasteiger partial charge in [0, 0.05) is 54.9 Å². The van der Waals surface area contributed by atoms with Crippen molar-refractivity contribution >= 4 is 16.9 Å². The number of methoxy groups -OCH3 is 1. The van der Waals surface area contributed by atoms with Crippen LogP contribution in [-0.2, 0) is 6.54 Å². The number of ether oxygens (including phenoxy) is 1. The molecule has 1 saturated heterocycles. The SMILES string of the molecule is COc1cc(C)c2[nH]ccc2c1CN1CCNCC1c1ccccc1C(=O)O. The Morgan fingerprint density at radius 3 is 2.93 bits per heavy atom. The predicted molar refractivity (Wildman–Crippen MR) is 109 cm³/mol. The van der Waals surface area contributed by atoms with Crippen molar-refractivity contribution in [2.24, 2.45) is 0 Å². The first-order valence-electron chi connectivity index (χ1n) is 9.50. The van der Waals surface area contributed by atoms with Crippen LogP contribution in [0.4, 0.5) is 0 Å². The van der Waals surface area contributed by atoms with E-state index in [1.165, 1.54) is 0 Å². The topological polar surface area (TPSA) is 77.6 Å². The first-order chi connectivity index (χ1) is 13.6. The number of aromatic amines is 1. The summed E-state index contributed by atoms with van der Waals surface area (Å²) in [5.74, 6) is -0.0181. The third-order valence-corrected chi connectivity index (χ3v) is 5.60. The van der Waals surface area contributed by atoms with Gasteiger partial charge in [0.25, 0.3) is 0 Å². The summed E-state index contributed by atoms with van der Waals surface area (Å²) in [4.78, 5) is 17.4. The van der Waals surface area contributed by atoms with Gasteiger partial charge in [0.05, 0.1) is 12.7 Å². The second-order valence-corrected chi connectivity index (χ2v) is 7.22. The van der Waals surface area contributed by atoms with E-state index in [0.717, 1.165) is 53.0 Å². The van der Waals surface area contributed by atoms with Crippen LogP contribution in [0.2, 0.25) is 0 Å². The van der Waals surface area contributed by atoms with E-state index in [1.807, 2.05) is 18.3 Å². The largest absolute Gasteiger partial charge is 0.496 e. The van der Waals surface area contributed by atoms with E-state index in [-0.39, 0.29) is 6.04 Å². The zero-order valence-corrected chi connectivity index (χ0v) is 16.2. The number of fused-ring (bicyclic) bond motifs is 1. The number of H-pyrrole nitrogens is 1. The van der Waals surface area contributed by atoms with Crippen LogP contribution < -0.4 is 10.1 Å². The monoisotopic (exact) mass is 379 g/mol. The Hall–Kier alpha value is -2.83. The number of rotatable bonds is 5. The molecule has 1 unspecified atom stereocenters. The highest BCUT2D eigenvalue weighted by molar-refractivity contribution is 5.90. The predicted octanol–water partition coefficient (Wildman–Crippen LogP) is 3.33. The highest BCUT2D eigenvalue weighted by atomic mass is 16.5. The van der Waals surface area contributed by atoms with Gasteiger partial charge in [0.1, 0.15) is 5.75 Å². The number of carboxylic acid groups (broad SMARTS) is 1. The summed E-state index contributed by atoms with van der Waals surface area (Å²) in [6, 6.07) is 11.4. The van der Waals surface area contributed by atoms with Crippen molar-refractivity contribution in [2.75, 3.05) is 26.7 Å². The Kier molecular flexibility index (Phi) is 5.07. The van der Waals surface area contributed by atoms with E-state index in [9.17, 15) is 9.90 Å². The fourth-order valence-corrected chi connectivity index (χ4v) is 4.21. The second-order valence-electron chi connectivity index (χ2n) is 7.22. The maximum absolute atomic E-state index is 11.7. The molecule has 1 aromatic heterocycles. The van der Waals surface area contributed by atoms with E-state index in [2.05, 4.69) is 34.3 Å². The van der Waals surface area contributed by atoms with Crippen molar-refractivity contribution in [2.45, 2.75) is 19.5 Å². The van der Waals surface area contributed by atoms with Crippen molar-refractivity contribution in [1.82, 2.24) is 15.2 Å². The molecule has 3 aromatic rings. The van der Waals surface area contributed by atoms with Gasteiger partial charge < -0.3 is 20.1 Å². The lowest BCUT2D eigenvalue weighted by molar-refractivity contribution is 0.0690. The lowest BCUT2D eigenvalue weighted by Gasteiger charge is -2.37. The van der Waals surface area contributed by atoms with Gasteiger partial charge in [0.15, 0.2) is 0 Å². The summed E-state index contributed by atoms with van der Waals surface area (Å²) in [5.41, 5.74) is 4.61. The normalized spacial score (nSPS) is 17.7. The Morgan fingerprint density at radius 2 is 2.14 bits per heavy atom. The Labute approximate surface area is 164 Å². The molecule has 28 heavy (non-hydrogen) atoms. The van der Waals surface area contributed by atoms with Gasteiger partial charge in [0.2, 0.25) is 0 Å². The van der Waals surface area contributed by atoms with E-state index in [4.69, 9.17) is 4.74 Å². The number of aromatic carboxylic acids is 1. The molecular weight excluding hydrogens is 354 g/mol. The lowest BCUT2D eigenvalue weighted by atomic mass is 9.96. The second kappa shape index (κ2) is 7.66. The number of carbonyl (C=O) groups is 1. The molecule has 4 rings (SSSR count). The molecule has 2 heterocycles. The molecule has 6 heteroatoms. The number of nitrogens with one attached hydrogen (secondary N) is 2. The standard InChI is InChI=1S/C22H25N3O3/c1-14-11-20(28-2)18(16-7-8-24-21(14)16)13-25-10-9-23-12-19(25)15-5-3-4-6-17(15)22(26)27/h3-8,11,19,23-24H,9-10,12-13H2,1-2H3,(H,26,27). The van der Waals surface area contributed by atoms with Gasteiger partial charge >= 0.3 is 5.97 Å². The number of piperazine rings is 1. The van der Waals surface area contributed by atoms with Gasteiger partial charge in [-0.3, -0.25) is 4.90 Å². The molecule has 3 N–H and O–H groups in total. The van der Waals surface area contributed by atoms with Crippen LogP contribution in [0.3, 0.4) is 0 Å². The Bertz CT molecular complexity index is 1010. The first-order valence-corrected chi connectivity index (χ1v) is 9.50. The maximum Gasteiger partial charge on any atom is 0.336 e. The fraction of sp³-hybridized carbons (Fsp3) is 0.318. The number of benzene rings is 2. The number of aromatic nitrogens is 1.